The van der Waals surface area contributed by atoms with E-state index in [-0.39, 0.29) is 10.6 Å². The highest BCUT2D eigenvalue weighted by molar-refractivity contribution is 7.89. The third kappa shape index (κ3) is 3.92. The van der Waals surface area contributed by atoms with Crippen LogP contribution in [-0.2, 0) is 22.3 Å². The van der Waals surface area contributed by atoms with Gasteiger partial charge in [0.25, 0.3) is 0 Å². The van der Waals surface area contributed by atoms with Crippen molar-refractivity contribution in [3.05, 3.63) is 83.4 Å². The molecule has 0 saturated carbocycles. The lowest BCUT2D eigenvalue weighted by atomic mass is 10.1. The normalized spacial score (nSPS) is 11.6. The molecular weight excluding hydrogens is 363 g/mol. The van der Waals surface area contributed by atoms with Gasteiger partial charge >= 0.3 is 0 Å². The third-order valence-corrected chi connectivity index (χ3v) is 5.07. The Balaban J connectivity index is 2.06. The molecule has 0 radical (unpaired) electrons. The Morgan fingerprint density at radius 2 is 1.76 bits per heavy atom. The van der Waals surface area contributed by atoms with Crippen LogP contribution < -0.4 is 5.14 Å². The lowest BCUT2D eigenvalue weighted by Gasteiger charge is -2.11. The van der Waals surface area contributed by atoms with E-state index in [4.69, 9.17) is 16.7 Å². The summed E-state index contributed by atoms with van der Waals surface area (Å²) in [4.78, 5) is -0.261. The first-order valence-electron chi connectivity index (χ1n) is 7.51. The molecule has 0 aliphatic rings. The molecule has 1 aromatic heterocycles. The van der Waals surface area contributed by atoms with Crippen LogP contribution in [0.25, 0.3) is 5.69 Å². The Kier molecular flexibility index (Phi) is 4.94. The van der Waals surface area contributed by atoms with Gasteiger partial charge in [-0.05, 0) is 35.4 Å². The van der Waals surface area contributed by atoms with E-state index in [0.29, 0.717) is 12.3 Å². The Labute approximate surface area is 150 Å². The molecule has 0 amide bonds. The quantitative estimate of drug-likeness (QED) is 0.689. The monoisotopic (exact) mass is 378 g/mol. The topological polar surface area (TPSA) is 65.1 Å². The molecule has 3 aromatic rings. The van der Waals surface area contributed by atoms with Crippen molar-refractivity contribution in [1.29, 1.82) is 0 Å². The minimum absolute atomic E-state index is 0.245. The van der Waals surface area contributed by atoms with Crippen molar-refractivity contribution in [3.63, 3.8) is 0 Å². The molecule has 0 aliphatic heterocycles. The van der Waals surface area contributed by atoms with Crippen molar-refractivity contribution in [2.45, 2.75) is 17.2 Å². The molecule has 0 spiro atoms. The summed E-state index contributed by atoms with van der Waals surface area (Å²) in [5.74, 6) is -0.372. The van der Waals surface area contributed by atoms with E-state index < -0.39 is 15.8 Å². The van der Waals surface area contributed by atoms with Crippen LogP contribution in [0.5, 0.6) is 0 Å². The van der Waals surface area contributed by atoms with Gasteiger partial charge in [-0.15, -0.1) is 11.6 Å². The van der Waals surface area contributed by atoms with Crippen LogP contribution in [0.15, 0.2) is 65.7 Å². The Morgan fingerprint density at radius 3 is 2.36 bits per heavy atom. The van der Waals surface area contributed by atoms with E-state index >= 15 is 0 Å². The van der Waals surface area contributed by atoms with Crippen molar-refractivity contribution in [2.24, 2.45) is 5.14 Å². The van der Waals surface area contributed by atoms with Gasteiger partial charge in [-0.25, -0.2) is 17.9 Å². The third-order valence-electron chi connectivity index (χ3n) is 3.85. The summed E-state index contributed by atoms with van der Waals surface area (Å²) in [6.45, 7) is 0. The maximum absolute atomic E-state index is 14.5. The van der Waals surface area contributed by atoms with Crippen LogP contribution in [-0.4, -0.2) is 13.0 Å². The van der Waals surface area contributed by atoms with E-state index in [2.05, 4.69) is 0 Å². The first-order valence-corrected chi connectivity index (χ1v) is 9.59. The molecule has 1 heterocycles. The SMILES string of the molecule is NS(=O)(=O)c1ccc(-n2cc(CCl)cc2Cc2ccccc2)c(F)c1. The molecule has 130 valence electrons. The number of primary sulfonamides is 1. The van der Waals surface area contributed by atoms with E-state index in [0.717, 1.165) is 22.9 Å². The summed E-state index contributed by atoms with van der Waals surface area (Å²) in [6, 6.07) is 15.3. The molecule has 0 bridgehead atoms. The molecule has 4 nitrogen and oxygen atoms in total. The number of hydrogen-bond acceptors (Lipinski definition) is 2. The van der Waals surface area contributed by atoms with Gasteiger partial charge in [-0.3, -0.25) is 0 Å². The Morgan fingerprint density at radius 1 is 1.04 bits per heavy atom. The van der Waals surface area contributed by atoms with Crippen LogP contribution in [0.2, 0.25) is 0 Å². The second-order valence-corrected chi connectivity index (χ2v) is 7.49. The van der Waals surface area contributed by atoms with Crippen molar-refractivity contribution in [1.82, 2.24) is 4.57 Å². The number of sulfonamides is 1. The summed E-state index contributed by atoms with van der Waals surface area (Å²) in [7, 11) is -3.95. The highest BCUT2D eigenvalue weighted by atomic mass is 35.5. The average Bonchev–Trinajstić information content (AvgIpc) is 2.97. The molecule has 0 unspecified atom stereocenters. The number of rotatable bonds is 5. The summed E-state index contributed by atoms with van der Waals surface area (Å²) >= 11 is 5.92. The first kappa shape index (κ1) is 17.7. The predicted molar refractivity (Wildman–Crippen MR) is 95.9 cm³/mol. The van der Waals surface area contributed by atoms with Gasteiger partial charge < -0.3 is 4.57 Å². The van der Waals surface area contributed by atoms with Crippen molar-refractivity contribution < 1.29 is 12.8 Å². The van der Waals surface area contributed by atoms with Gasteiger partial charge in [0, 0.05) is 24.2 Å². The largest absolute Gasteiger partial charge is 0.318 e. The first-order chi connectivity index (χ1) is 11.9. The lowest BCUT2D eigenvalue weighted by molar-refractivity contribution is 0.590. The fraction of sp³-hybridized carbons (Fsp3) is 0.111. The zero-order chi connectivity index (χ0) is 18.0. The fourth-order valence-corrected chi connectivity index (χ4v) is 3.34. The van der Waals surface area contributed by atoms with Crippen molar-refractivity contribution in [2.75, 3.05) is 0 Å². The molecule has 0 aliphatic carbocycles. The lowest BCUT2D eigenvalue weighted by Crippen LogP contribution is -2.13. The zero-order valence-electron chi connectivity index (χ0n) is 13.2. The number of alkyl halides is 1. The van der Waals surface area contributed by atoms with Crippen LogP contribution in [0.3, 0.4) is 0 Å². The second-order valence-electron chi connectivity index (χ2n) is 5.66. The van der Waals surface area contributed by atoms with E-state index in [9.17, 15) is 12.8 Å². The minimum Gasteiger partial charge on any atom is -0.318 e. The smallest absolute Gasteiger partial charge is 0.238 e. The number of aromatic nitrogens is 1. The van der Waals surface area contributed by atoms with Gasteiger partial charge in [0.15, 0.2) is 0 Å². The summed E-state index contributed by atoms with van der Waals surface area (Å²) in [5.41, 5.74) is 3.02. The summed E-state index contributed by atoms with van der Waals surface area (Å²) in [5, 5.41) is 5.05. The van der Waals surface area contributed by atoms with Crippen molar-refractivity contribution >= 4 is 21.6 Å². The zero-order valence-corrected chi connectivity index (χ0v) is 14.8. The fourth-order valence-electron chi connectivity index (χ4n) is 2.67. The summed E-state index contributed by atoms with van der Waals surface area (Å²) < 4.78 is 39.0. The van der Waals surface area contributed by atoms with E-state index in [1.165, 1.54) is 12.1 Å². The number of nitrogens with two attached hydrogens (primary N) is 1. The Hall–Kier alpha value is -2.15. The maximum Gasteiger partial charge on any atom is 0.238 e. The standard InChI is InChI=1S/C18H16ClFN2O2S/c19-11-14-9-15(8-13-4-2-1-3-5-13)22(12-14)18-7-6-16(10-17(18)20)25(21,23)24/h1-7,9-10,12H,8,11H2,(H2,21,23,24). The molecule has 0 saturated heterocycles. The molecule has 2 aromatic carbocycles. The average molecular weight is 379 g/mol. The van der Waals surface area contributed by atoms with E-state index in [1.54, 1.807) is 10.8 Å². The van der Waals surface area contributed by atoms with Crippen LogP contribution >= 0.6 is 11.6 Å². The predicted octanol–water partition coefficient (Wildman–Crippen LogP) is 3.59. The highest BCUT2D eigenvalue weighted by Crippen LogP contribution is 2.24. The van der Waals surface area contributed by atoms with Gasteiger partial charge in [-0.1, -0.05) is 30.3 Å². The minimum atomic E-state index is -3.95. The van der Waals surface area contributed by atoms with Crippen LogP contribution in [0.4, 0.5) is 4.39 Å². The number of benzene rings is 2. The van der Waals surface area contributed by atoms with Crippen LogP contribution in [0.1, 0.15) is 16.8 Å². The molecular formula is C18H16ClFN2O2S. The molecule has 3 rings (SSSR count). The molecule has 0 atom stereocenters. The van der Waals surface area contributed by atoms with Gasteiger partial charge in [0.1, 0.15) is 5.82 Å². The molecule has 0 fully saturated rings. The van der Waals surface area contributed by atoms with Crippen LogP contribution in [0, 0.1) is 5.82 Å². The van der Waals surface area contributed by atoms with Gasteiger partial charge in [-0.2, -0.15) is 0 Å². The molecule has 2 N–H and O–H groups in total. The highest BCUT2D eigenvalue weighted by Gasteiger charge is 2.15. The summed E-state index contributed by atoms with van der Waals surface area (Å²) in [6.07, 6.45) is 2.34. The molecule has 25 heavy (non-hydrogen) atoms. The molecule has 7 heteroatoms. The van der Waals surface area contributed by atoms with Crippen molar-refractivity contribution in [3.8, 4) is 5.69 Å². The number of nitrogens with zero attached hydrogens (tertiary/aromatic N) is 1. The number of halogens is 2. The van der Waals surface area contributed by atoms with Gasteiger partial charge in [0.05, 0.1) is 10.6 Å². The maximum atomic E-state index is 14.5. The van der Waals surface area contributed by atoms with Gasteiger partial charge in [0.2, 0.25) is 10.0 Å². The van der Waals surface area contributed by atoms with E-state index in [1.807, 2.05) is 36.4 Å². The second kappa shape index (κ2) is 7.00. The Bertz CT molecular complexity index is 1000. The number of hydrogen-bond donors (Lipinski definition) is 1.